The maximum Gasteiger partial charge on any atom is 0.178 e. The van der Waals surface area contributed by atoms with Crippen molar-refractivity contribution in [3.63, 3.8) is 0 Å². The molecule has 6 heteroatoms. The summed E-state index contributed by atoms with van der Waals surface area (Å²) < 4.78 is 23.0. The van der Waals surface area contributed by atoms with Crippen molar-refractivity contribution in [3.05, 3.63) is 12.4 Å². The van der Waals surface area contributed by atoms with Gasteiger partial charge in [-0.1, -0.05) is 0 Å². The van der Waals surface area contributed by atoms with Crippen LogP contribution in [0.15, 0.2) is 17.3 Å². The van der Waals surface area contributed by atoms with E-state index < -0.39 is 9.84 Å². The molecule has 0 atom stereocenters. The Balaban J connectivity index is 3.21. The lowest BCUT2D eigenvalue weighted by Gasteiger charge is -1.86. The number of hydrogen-bond acceptors (Lipinski definition) is 3. The van der Waals surface area contributed by atoms with Gasteiger partial charge in [-0.05, 0) is 0 Å². The van der Waals surface area contributed by atoms with Gasteiger partial charge in [0.1, 0.15) is 4.90 Å². The van der Waals surface area contributed by atoms with Crippen LogP contribution >= 0.6 is 22.9 Å². The number of nitrogens with zero attached hydrogens (tertiary/aromatic N) is 2. The topological polar surface area (TPSA) is 52.0 Å². The van der Waals surface area contributed by atoms with Crippen molar-refractivity contribution in [2.45, 2.75) is 4.90 Å². The van der Waals surface area contributed by atoms with Crippen LogP contribution in [0, 0.1) is 0 Å². The summed E-state index contributed by atoms with van der Waals surface area (Å²) in [6.07, 6.45) is 3.93. The largest absolute Gasteiger partial charge is 0.224 e. The van der Waals surface area contributed by atoms with Crippen LogP contribution in [0.4, 0.5) is 0 Å². The predicted octanol–water partition coefficient (Wildman–Crippen LogP) is 0.485. The van der Waals surface area contributed by atoms with E-state index in [9.17, 15) is 8.42 Å². The Labute approximate surface area is 72.6 Å². The van der Waals surface area contributed by atoms with Gasteiger partial charge in [-0.15, -0.1) is 0 Å². The molecule has 0 aliphatic heterocycles. The summed E-state index contributed by atoms with van der Waals surface area (Å²) in [4.78, 5) is 0.252. The van der Waals surface area contributed by atoms with E-state index in [1.54, 1.807) is 0 Å². The van der Waals surface area contributed by atoms with Crippen LogP contribution in [0.5, 0.6) is 0 Å². The standard InChI is InChI=1S/C4H5IN2O2S/c1-10(8,9)4-2-6-7(5)3-4/h2-3H,1H3. The van der Waals surface area contributed by atoms with Crippen molar-refractivity contribution in [2.24, 2.45) is 0 Å². The van der Waals surface area contributed by atoms with E-state index in [1.807, 2.05) is 22.9 Å². The summed E-state index contributed by atoms with van der Waals surface area (Å²) in [5.41, 5.74) is 0. The van der Waals surface area contributed by atoms with E-state index in [0.717, 1.165) is 6.26 Å². The zero-order valence-electron chi connectivity index (χ0n) is 5.15. The van der Waals surface area contributed by atoms with Crippen molar-refractivity contribution in [1.82, 2.24) is 7.99 Å². The van der Waals surface area contributed by atoms with Crippen LogP contribution < -0.4 is 0 Å². The minimum absolute atomic E-state index is 0.252. The highest BCUT2D eigenvalue weighted by atomic mass is 127. The number of halogens is 1. The molecule has 0 N–H and O–H groups in total. The van der Waals surface area contributed by atoms with Crippen LogP contribution in [0.1, 0.15) is 0 Å². The predicted molar refractivity (Wildman–Crippen MR) is 44.8 cm³/mol. The monoisotopic (exact) mass is 272 g/mol. The van der Waals surface area contributed by atoms with Crippen molar-refractivity contribution < 1.29 is 8.42 Å². The van der Waals surface area contributed by atoms with E-state index in [0.29, 0.717) is 0 Å². The normalized spacial score (nSPS) is 11.8. The van der Waals surface area contributed by atoms with Gasteiger partial charge in [-0.2, -0.15) is 5.10 Å². The van der Waals surface area contributed by atoms with Crippen LogP contribution in [0.3, 0.4) is 0 Å². The van der Waals surface area contributed by atoms with Crippen LogP contribution in [0.25, 0.3) is 0 Å². The summed E-state index contributed by atoms with van der Waals surface area (Å²) in [6, 6.07) is 0. The Morgan fingerprint density at radius 2 is 2.30 bits per heavy atom. The van der Waals surface area contributed by atoms with E-state index in [1.165, 1.54) is 15.3 Å². The maximum absolute atomic E-state index is 10.8. The molecule has 0 aliphatic rings. The maximum atomic E-state index is 10.8. The van der Waals surface area contributed by atoms with Crippen molar-refractivity contribution >= 4 is 32.7 Å². The molecule has 1 aromatic rings. The minimum Gasteiger partial charge on any atom is -0.224 e. The average molecular weight is 272 g/mol. The molecule has 4 nitrogen and oxygen atoms in total. The average Bonchev–Trinajstić information content (AvgIpc) is 2.11. The van der Waals surface area contributed by atoms with Gasteiger partial charge in [0.2, 0.25) is 0 Å². The Hall–Kier alpha value is -0.110. The highest BCUT2D eigenvalue weighted by molar-refractivity contribution is 14.1. The Morgan fingerprint density at radius 1 is 1.70 bits per heavy atom. The second-order valence-corrected chi connectivity index (χ2v) is 4.84. The van der Waals surface area contributed by atoms with Gasteiger partial charge in [0.05, 0.1) is 35.3 Å². The molecule has 0 unspecified atom stereocenters. The third kappa shape index (κ3) is 1.69. The summed E-state index contributed by atoms with van der Waals surface area (Å²) in [6.45, 7) is 0. The van der Waals surface area contributed by atoms with E-state index in [4.69, 9.17) is 0 Å². The Bertz CT molecular complexity index is 329. The second kappa shape index (κ2) is 2.50. The Kier molecular flexibility index (Phi) is 1.99. The molecule has 56 valence electrons. The fourth-order valence-corrected chi connectivity index (χ4v) is 1.62. The lowest BCUT2D eigenvalue weighted by Crippen LogP contribution is -1.93. The number of rotatable bonds is 1. The summed E-state index contributed by atoms with van der Waals surface area (Å²) in [5, 5.41) is 3.71. The molecule has 1 aromatic heterocycles. The SMILES string of the molecule is CS(=O)(=O)c1cnn(I)c1. The molecule has 0 saturated carbocycles. The molecule has 0 radical (unpaired) electrons. The van der Waals surface area contributed by atoms with E-state index in [2.05, 4.69) is 5.10 Å². The zero-order valence-corrected chi connectivity index (χ0v) is 8.13. The van der Waals surface area contributed by atoms with E-state index >= 15 is 0 Å². The van der Waals surface area contributed by atoms with Gasteiger partial charge in [-0.3, -0.25) is 0 Å². The first kappa shape index (κ1) is 7.99. The fraction of sp³-hybridized carbons (Fsp3) is 0.250. The molecular weight excluding hydrogens is 267 g/mol. The van der Waals surface area contributed by atoms with Gasteiger partial charge in [-0.25, -0.2) is 11.3 Å². The van der Waals surface area contributed by atoms with Gasteiger partial charge < -0.3 is 0 Å². The first-order valence-electron chi connectivity index (χ1n) is 2.41. The lowest BCUT2D eigenvalue weighted by molar-refractivity contribution is 0.602. The molecule has 0 bridgehead atoms. The molecule has 0 saturated heterocycles. The van der Waals surface area contributed by atoms with Gasteiger partial charge in [0, 0.05) is 6.26 Å². The third-order valence-corrected chi connectivity index (χ3v) is 2.55. The van der Waals surface area contributed by atoms with Gasteiger partial charge >= 0.3 is 0 Å². The molecule has 0 amide bonds. The fourth-order valence-electron chi connectivity index (χ4n) is 0.475. The third-order valence-electron chi connectivity index (χ3n) is 0.957. The van der Waals surface area contributed by atoms with Gasteiger partial charge in [0.25, 0.3) is 0 Å². The Morgan fingerprint density at radius 3 is 2.50 bits per heavy atom. The smallest absolute Gasteiger partial charge is 0.178 e. The minimum atomic E-state index is -3.07. The van der Waals surface area contributed by atoms with Crippen LogP contribution in [0.2, 0.25) is 0 Å². The van der Waals surface area contributed by atoms with E-state index in [-0.39, 0.29) is 4.90 Å². The summed E-state index contributed by atoms with van der Waals surface area (Å²) in [7, 11) is -3.07. The molecular formula is C4H5IN2O2S. The zero-order chi connectivity index (χ0) is 7.78. The summed E-state index contributed by atoms with van der Waals surface area (Å²) in [5.74, 6) is 0. The number of aromatic nitrogens is 2. The van der Waals surface area contributed by atoms with Crippen LogP contribution in [-0.4, -0.2) is 22.7 Å². The molecule has 1 heterocycles. The van der Waals surface area contributed by atoms with Crippen molar-refractivity contribution in [3.8, 4) is 0 Å². The molecule has 0 aromatic carbocycles. The molecule has 0 spiro atoms. The first-order chi connectivity index (χ1) is 4.50. The molecule has 1 rings (SSSR count). The molecule has 0 aliphatic carbocycles. The number of sulfone groups is 1. The highest BCUT2D eigenvalue weighted by Crippen LogP contribution is 2.07. The number of hydrogen-bond donors (Lipinski definition) is 0. The van der Waals surface area contributed by atoms with Crippen molar-refractivity contribution in [2.75, 3.05) is 6.26 Å². The first-order valence-corrected chi connectivity index (χ1v) is 5.26. The molecule has 0 fully saturated rings. The summed E-state index contributed by atoms with van der Waals surface area (Å²) >= 11 is 1.88. The highest BCUT2D eigenvalue weighted by Gasteiger charge is 2.08. The quantitative estimate of drug-likeness (QED) is 0.699. The van der Waals surface area contributed by atoms with Crippen molar-refractivity contribution in [1.29, 1.82) is 0 Å². The lowest BCUT2D eigenvalue weighted by atomic mass is 10.7. The molecule has 10 heavy (non-hydrogen) atoms. The van der Waals surface area contributed by atoms with Gasteiger partial charge in [0.15, 0.2) is 9.84 Å². The second-order valence-electron chi connectivity index (χ2n) is 1.84. The van der Waals surface area contributed by atoms with Crippen LogP contribution in [-0.2, 0) is 9.84 Å².